The Balaban J connectivity index is 1.38. The first-order chi connectivity index (χ1) is 15.7. The quantitative estimate of drug-likeness (QED) is 0.606. The SMILES string of the molecule is COc1ccc(OC)c(C(=O)N2CCC(n3c(C4CCCO4)nc4cccnc43)CC2)c1. The van der Waals surface area contributed by atoms with Crippen LogP contribution in [0.5, 0.6) is 11.5 Å². The fourth-order valence-corrected chi connectivity index (χ4v) is 4.79. The lowest BCUT2D eigenvalue weighted by Crippen LogP contribution is -2.39. The van der Waals surface area contributed by atoms with Gasteiger partial charge in [-0.15, -0.1) is 0 Å². The number of ether oxygens (including phenoxy) is 3. The molecule has 0 spiro atoms. The maximum Gasteiger partial charge on any atom is 0.257 e. The number of likely N-dealkylation sites (tertiary alicyclic amines) is 1. The molecule has 2 fully saturated rings. The molecule has 0 bridgehead atoms. The van der Waals surface area contributed by atoms with Crippen molar-refractivity contribution in [3.63, 3.8) is 0 Å². The van der Waals surface area contributed by atoms with Crippen molar-refractivity contribution in [1.29, 1.82) is 0 Å². The van der Waals surface area contributed by atoms with Crippen LogP contribution in [0.25, 0.3) is 11.2 Å². The summed E-state index contributed by atoms with van der Waals surface area (Å²) in [5.74, 6) is 2.13. The van der Waals surface area contributed by atoms with Gasteiger partial charge in [-0.3, -0.25) is 4.79 Å². The highest BCUT2D eigenvalue weighted by atomic mass is 16.5. The van der Waals surface area contributed by atoms with E-state index in [1.807, 2.05) is 23.2 Å². The number of aromatic nitrogens is 3. The first-order valence-electron chi connectivity index (χ1n) is 11.2. The second kappa shape index (κ2) is 8.78. The van der Waals surface area contributed by atoms with Gasteiger partial charge in [-0.1, -0.05) is 0 Å². The summed E-state index contributed by atoms with van der Waals surface area (Å²) in [4.78, 5) is 24.7. The lowest BCUT2D eigenvalue weighted by Gasteiger charge is -2.34. The van der Waals surface area contributed by atoms with Crippen LogP contribution in [0.15, 0.2) is 36.5 Å². The number of fused-ring (bicyclic) bond motifs is 1. The summed E-state index contributed by atoms with van der Waals surface area (Å²) >= 11 is 0. The van der Waals surface area contributed by atoms with Crippen LogP contribution in [0.2, 0.25) is 0 Å². The first-order valence-corrected chi connectivity index (χ1v) is 11.2. The molecule has 1 amide bonds. The third kappa shape index (κ3) is 3.68. The van der Waals surface area contributed by atoms with Crippen molar-refractivity contribution >= 4 is 17.1 Å². The number of piperidine rings is 1. The van der Waals surface area contributed by atoms with Crippen LogP contribution >= 0.6 is 0 Å². The monoisotopic (exact) mass is 436 g/mol. The van der Waals surface area contributed by atoms with Crippen molar-refractivity contribution in [3.8, 4) is 11.5 Å². The lowest BCUT2D eigenvalue weighted by atomic mass is 10.0. The van der Waals surface area contributed by atoms with Crippen molar-refractivity contribution in [3.05, 3.63) is 47.9 Å². The van der Waals surface area contributed by atoms with Gasteiger partial charge in [-0.2, -0.15) is 0 Å². The molecule has 2 aromatic heterocycles. The number of carbonyl (C=O) groups is 1. The summed E-state index contributed by atoms with van der Waals surface area (Å²) in [5, 5.41) is 0. The average Bonchev–Trinajstić information content (AvgIpc) is 3.51. The van der Waals surface area contributed by atoms with Gasteiger partial charge in [0.2, 0.25) is 0 Å². The fourth-order valence-electron chi connectivity index (χ4n) is 4.79. The molecule has 5 rings (SSSR count). The van der Waals surface area contributed by atoms with Crippen LogP contribution in [0.1, 0.15) is 54.0 Å². The predicted octanol–water partition coefficient (Wildman–Crippen LogP) is 3.78. The van der Waals surface area contributed by atoms with Crippen LogP contribution in [0.3, 0.4) is 0 Å². The molecule has 1 atom stereocenters. The van der Waals surface area contributed by atoms with Gasteiger partial charge >= 0.3 is 0 Å². The van der Waals surface area contributed by atoms with Crippen LogP contribution in [-0.4, -0.2) is 59.3 Å². The number of methoxy groups -OCH3 is 2. The number of rotatable bonds is 5. The van der Waals surface area contributed by atoms with E-state index in [9.17, 15) is 4.79 Å². The van der Waals surface area contributed by atoms with Gasteiger partial charge in [0.15, 0.2) is 5.65 Å². The van der Waals surface area contributed by atoms with E-state index in [0.717, 1.165) is 49.3 Å². The van der Waals surface area contributed by atoms with Crippen molar-refractivity contribution in [2.24, 2.45) is 0 Å². The van der Waals surface area contributed by atoms with Crippen LogP contribution in [-0.2, 0) is 4.74 Å². The van der Waals surface area contributed by atoms with E-state index in [0.29, 0.717) is 30.2 Å². The molecule has 0 aliphatic carbocycles. The normalized spacial score (nSPS) is 19.4. The molecule has 32 heavy (non-hydrogen) atoms. The second-order valence-corrected chi connectivity index (χ2v) is 8.28. The van der Waals surface area contributed by atoms with E-state index in [1.54, 1.807) is 32.4 Å². The third-order valence-corrected chi connectivity index (χ3v) is 6.45. The highest BCUT2D eigenvalue weighted by Crippen LogP contribution is 2.36. The van der Waals surface area contributed by atoms with Gasteiger partial charge in [-0.05, 0) is 56.0 Å². The summed E-state index contributed by atoms with van der Waals surface area (Å²) in [6.45, 7) is 2.08. The molecular weight excluding hydrogens is 408 g/mol. The molecule has 1 unspecified atom stereocenters. The summed E-state index contributed by atoms with van der Waals surface area (Å²) < 4.78 is 19.0. The Morgan fingerprint density at radius 2 is 1.97 bits per heavy atom. The molecule has 2 saturated heterocycles. The third-order valence-electron chi connectivity index (χ3n) is 6.45. The first kappa shape index (κ1) is 20.8. The molecule has 0 radical (unpaired) electrons. The van der Waals surface area contributed by atoms with Crippen molar-refractivity contribution in [2.75, 3.05) is 33.9 Å². The fraction of sp³-hybridized carbons (Fsp3) is 0.458. The smallest absolute Gasteiger partial charge is 0.257 e. The number of benzene rings is 1. The molecule has 8 heteroatoms. The summed E-state index contributed by atoms with van der Waals surface area (Å²) in [6.07, 6.45) is 5.53. The van der Waals surface area contributed by atoms with E-state index in [4.69, 9.17) is 19.2 Å². The molecule has 2 aliphatic rings. The zero-order valence-corrected chi connectivity index (χ0v) is 18.5. The Bertz CT molecular complexity index is 1110. The van der Waals surface area contributed by atoms with Gasteiger partial charge in [-0.25, -0.2) is 9.97 Å². The number of hydrogen-bond donors (Lipinski definition) is 0. The minimum Gasteiger partial charge on any atom is -0.497 e. The zero-order valence-electron chi connectivity index (χ0n) is 18.5. The van der Waals surface area contributed by atoms with E-state index >= 15 is 0 Å². The Morgan fingerprint density at radius 3 is 2.69 bits per heavy atom. The molecule has 8 nitrogen and oxygen atoms in total. The van der Waals surface area contributed by atoms with Gasteiger partial charge < -0.3 is 23.7 Å². The molecule has 1 aromatic carbocycles. The predicted molar refractivity (Wildman–Crippen MR) is 119 cm³/mol. The second-order valence-electron chi connectivity index (χ2n) is 8.28. The van der Waals surface area contributed by atoms with Crippen LogP contribution in [0, 0.1) is 0 Å². The minimum atomic E-state index is -0.0350. The van der Waals surface area contributed by atoms with Crippen LogP contribution in [0.4, 0.5) is 0 Å². The Kier molecular flexibility index (Phi) is 5.70. The summed E-state index contributed by atoms with van der Waals surface area (Å²) in [7, 11) is 3.17. The molecule has 0 saturated carbocycles. The van der Waals surface area contributed by atoms with Crippen molar-refractivity contribution in [1.82, 2.24) is 19.4 Å². The summed E-state index contributed by atoms with van der Waals surface area (Å²) in [5.41, 5.74) is 2.33. The topological polar surface area (TPSA) is 78.7 Å². The largest absolute Gasteiger partial charge is 0.497 e. The van der Waals surface area contributed by atoms with E-state index in [2.05, 4.69) is 9.55 Å². The molecule has 3 aromatic rings. The van der Waals surface area contributed by atoms with E-state index in [-0.39, 0.29) is 18.1 Å². The molecular formula is C24H28N4O4. The standard InChI is InChI=1S/C24H28N4O4/c1-30-17-7-8-20(31-2)18(15-17)24(29)27-12-9-16(10-13-27)28-22-19(5-3-11-25-22)26-23(28)21-6-4-14-32-21/h3,5,7-8,11,15-16,21H,4,6,9-10,12-14H2,1-2H3. The summed E-state index contributed by atoms with van der Waals surface area (Å²) in [6, 6.07) is 9.47. The highest BCUT2D eigenvalue weighted by molar-refractivity contribution is 5.97. The number of carbonyl (C=O) groups excluding carboxylic acids is 1. The average molecular weight is 437 g/mol. The van der Waals surface area contributed by atoms with Crippen molar-refractivity contribution < 1.29 is 19.0 Å². The van der Waals surface area contributed by atoms with Crippen molar-refractivity contribution in [2.45, 2.75) is 37.8 Å². The van der Waals surface area contributed by atoms with Gasteiger partial charge in [0, 0.05) is 31.9 Å². The minimum absolute atomic E-state index is 0.0184. The highest BCUT2D eigenvalue weighted by Gasteiger charge is 2.32. The van der Waals surface area contributed by atoms with E-state index < -0.39 is 0 Å². The number of pyridine rings is 1. The lowest BCUT2D eigenvalue weighted by molar-refractivity contribution is 0.0678. The Labute approximate surface area is 187 Å². The molecule has 0 N–H and O–H groups in total. The maximum absolute atomic E-state index is 13.3. The Hall–Kier alpha value is -3.13. The molecule has 2 aliphatic heterocycles. The van der Waals surface area contributed by atoms with Gasteiger partial charge in [0.05, 0.1) is 19.8 Å². The molecule has 168 valence electrons. The Morgan fingerprint density at radius 1 is 1.12 bits per heavy atom. The van der Waals surface area contributed by atoms with Gasteiger partial charge in [0.25, 0.3) is 5.91 Å². The van der Waals surface area contributed by atoms with Gasteiger partial charge in [0.1, 0.15) is 28.9 Å². The maximum atomic E-state index is 13.3. The van der Waals surface area contributed by atoms with Crippen LogP contribution < -0.4 is 9.47 Å². The number of nitrogens with zero attached hydrogens (tertiary/aromatic N) is 4. The zero-order chi connectivity index (χ0) is 22.1. The van der Waals surface area contributed by atoms with E-state index in [1.165, 1.54) is 0 Å². The number of amides is 1. The number of hydrogen-bond acceptors (Lipinski definition) is 6. The number of imidazole rings is 1. The molecule has 4 heterocycles.